The summed E-state index contributed by atoms with van der Waals surface area (Å²) in [6, 6.07) is 14.2. The van der Waals surface area contributed by atoms with E-state index < -0.39 is 0 Å². The Morgan fingerprint density at radius 2 is 1.79 bits per heavy atom. The van der Waals surface area contributed by atoms with Crippen molar-refractivity contribution in [3.05, 3.63) is 65.5 Å². The number of carbonyl (C=O) groups excluding carboxylic acids is 2. The van der Waals surface area contributed by atoms with E-state index in [9.17, 15) is 9.59 Å². The zero-order valence-corrected chi connectivity index (χ0v) is 17.0. The van der Waals surface area contributed by atoms with Gasteiger partial charge in [0.2, 0.25) is 11.8 Å². The van der Waals surface area contributed by atoms with Crippen molar-refractivity contribution in [3.63, 3.8) is 0 Å². The predicted octanol–water partition coefficient (Wildman–Crippen LogP) is 2.08. The van der Waals surface area contributed by atoms with Gasteiger partial charge in [0.15, 0.2) is 0 Å². The van der Waals surface area contributed by atoms with Crippen LogP contribution in [0, 0.1) is 12.8 Å². The maximum atomic E-state index is 13.0. The summed E-state index contributed by atoms with van der Waals surface area (Å²) in [6.45, 7) is 7.10. The lowest BCUT2D eigenvalue weighted by Gasteiger charge is -2.35. The number of aromatic nitrogens is 1. The molecule has 1 aromatic heterocycles. The zero-order valence-electron chi connectivity index (χ0n) is 17.0. The summed E-state index contributed by atoms with van der Waals surface area (Å²) in [4.78, 5) is 35.9. The average Bonchev–Trinajstić information content (AvgIpc) is 3.11. The van der Waals surface area contributed by atoms with E-state index in [0.29, 0.717) is 32.6 Å². The number of hydrogen-bond acceptors (Lipinski definition) is 4. The predicted molar refractivity (Wildman–Crippen MR) is 111 cm³/mol. The van der Waals surface area contributed by atoms with Crippen LogP contribution in [0.4, 0.5) is 0 Å². The van der Waals surface area contributed by atoms with E-state index in [1.807, 2.05) is 34.2 Å². The summed E-state index contributed by atoms with van der Waals surface area (Å²) in [5, 5.41) is 0. The highest BCUT2D eigenvalue weighted by Gasteiger charge is 2.37. The summed E-state index contributed by atoms with van der Waals surface area (Å²) in [7, 11) is 0. The van der Waals surface area contributed by atoms with Gasteiger partial charge in [0, 0.05) is 58.4 Å². The molecule has 29 heavy (non-hydrogen) atoms. The Balaban J connectivity index is 1.28. The molecule has 0 spiro atoms. The van der Waals surface area contributed by atoms with Gasteiger partial charge < -0.3 is 9.80 Å². The molecular weight excluding hydrogens is 364 g/mol. The molecule has 2 aliphatic heterocycles. The Bertz CT molecular complexity index is 845. The molecule has 152 valence electrons. The number of hydrogen-bond donors (Lipinski definition) is 0. The van der Waals surface area contributed by atoms with Crippen LogP contribution in [0.1, 0.15) is 23.2 Å². The van der Waals surface area contributed by atoms with E-state index in [-0.39, 0.29) is 17.7 Å². The van der Waals surface area contributed by atoms with E-state index in [4.69, 9.17) is 0 Å². The van der Waals surface area contributed by atoms with Crippen LogP contribution in [0.25, 0.3) is 0 Å². The Morgan fingerprint density at radius 3 is 2.48 bits per heavy atom. The van der Waals surface area contributed by atoms with Crippen LogP contribution in [-0.4, -0.2) is 64.2 Å². The highest BCUT2D eigenvalue weighted by Crippen LogP contribution is 2.23. The molecule has 4 rings (SSSR count). The molecule has 1 atom stereocenters. The van der Waals surface area contributed by atoms with Crippen molar-refractivity contribution in [1.82, 2.24) is 19.7 Å². The molecule has 0 saturated carbocycles. The lowest BCUT2D eigenvalue weighted by molar-refractivity contribution is -0.137. The normalized spacial score (nSPS) is 20.3. The minimum atomic E-state index is -0.213. The van der Waals surface area contributed by atoms with Crippen molar-refractivity contribution in [2.75, 3.05) is 32.7 Å². The Morgan fingerprint density at radius 1 is 1.03 bits per heavy atom. The van der Waals surface area contributed by atoms with Gasteiger partial charge in [-0.3, -0.25) is 19.5 Å². The van der Waals surface area contributed by atoms with Crippen molar-refractivity contribution in [1.29, 1.82) is 0 Å². The van der Waals surface area contributed by atoms with Gasteiger partial charge in [0.1, 0.15) is 0 Å². The summed E-state index contributed by atoms with van der Waals surface area (Å²) >= 11 is 0. The zero-order chi connectivity index (χ0) is 20.2. The molecule has 2 saturated heterocycles. The molecule has 6 heteroatoms. The number of rotatable bonds is 5. The van der Waals surface area contributed by atoms with Gasteiger partial charge in [-0.25, -0.2) is 0 Å². The third-order valence-corrected chi connectivity index (χ3v) is 5.85. The Hall–Kier alpha value is -2.73. The molecule has 1 aromatic carbocycles. The first-order chi connectivity index (χ1) is 14.1. The average molecular weight is 393 g/mol. The number of carbonyl (C=O) groups is 2. The number of aryl methyl sites for hydroxylation is 1. The first kappa shape index (κ1) is 19.6. The van der Waals surface area contributed by atoms with Crippen molar-refractivity contribution in [2.24, 2.45) is 5.92 Å². The summed E-state index contributed by atoms with van der Waals surface area (Å²) in [6.07, 6.45) is 2.15. The van der Waals surface area contributed by atoms with Crippen LogP contribution in [-0.2, 0) is 22.7 Å². The maximum absolute atomic E-state index is 13.0. The minimum absolute atomic E-state index is 0.0812. The van der Waals surface area contributed by atoms with E-state index in [1.54, 1.807) is 0 Å². The van der Waals surface area contributed by atoms with Crippen molar-refractivity contribution < 1.29 is 9.59 Å². The number of benzene rings is 1. The molecule has 2 aliphatic rings. The SMILES string of the molecule is Cc1ccc(CN2CC(C(=O)N3CCN(Cc4ccccn4)CC3)CC2=O)cc1. The number of pyridine rings is 1. The largest absolute Gasteiger partial charge is 0.340 e. The fourth-order valence-electron chi connectivity index (χ4n) is 4.11. The van der Waals surface area contributed by atoms with Gasteiger partial charge in [-0.15, -0.1) is 0 Å². The number of nitrogens with zero attached hydrogens (tertiary/aromatic N) is 4. The van der Waals surface area contributed by atoms with Crippen molar-refractivity contribution >= 4 is 11.8 Å². The molecule has 6 nitrogen and oxygen atoms in total. The summed E-state index contributed by atoms with van der Waals surface area (Å²) in [5.74, 6) is -0.00440. The molecule has 0 bridgehead atoms. The van der Waals surface area contributed by atoms with E-state index in [2.05, 4.69) is 41.1 Å². The van der Waals surface area contributed by atoms with Crippen molar-refractivity contribution in [3.8, 4) is 0 Å². The second-order valence-corrected chi connectivity index (χ2v) is 8.08. The molecule has 0 radical (unpaired) electrons. The molecule has 2 amide bonds. The highest BCUT2D eigenvalue weighted by atomic mass is 16.2. The first-order valence-electron chi connectivity index (χ1n) is 10.3. The van der Waals surface area contributed by atoms with E-state index in [1.165, 1.54) is 5.56 Å². The third kappa shape index (κ3) is 4.82. The third-order valence-electron chi connectivity index (χ3n) is 5.85. The van der Waals surface area contributed by atoms with Gasteiger partial charge in [-0.05, 0) is 24.6 Å². The Labute approximate surface area is 172 Å². The van der Waals surface area contributed by atoms with Crippen LogP contribution < -0.4 is 0 Å². The minimum Gasteiger partial charge on any atom is -0.340 e. The van der Waals surface area contributed by atoms with Gasteiger partial charge in [0.25, 0.3) is 0 Å². The van der Waals surface area contributed by atoms with E-state index >= 15 is 0 Å². The molecule has 0 aliphatic carbocycles. The monoisotopic (exact) mass is 392 g/mol. The molecule has 2 aromatic rings. The summed E-state index contributed by atoms with van der Waals surface area (Å²) in [5.41, 5.74) is 3.37. The molecule has 2 fully saturated rings. The smallest absolute Gasteiger partial charge is 0.228 e. The van der Waals surface area contributed by atoms with Crippen LogP contribution in [0.5, 0.6) is 0 Å². The fourth-order valence-corrected chi connectivity index (χ4v) is 4.11. The standard InChI is InChI=1S/C23H28N4O2/c1-18-5-7-19(8-6-18)15-27-16-20(14-22(27)28)23(29)26-12-10-25(11-13-26)17-21-4-2-3-9-24-21/h2-9,20H,10-17H2,1H3. The van der Waals surface area contributed by atoms with Crippen molar-refractivity contribution in [2.45, 2.75) is 26.4 Å². The molecule has 3 heterocycles. The van der Waals surface area contributed by atoms with Gasteiger partial charge in [0.05, 0.1) is 11.6 Å². The molecule has 1 unspecified atom stereocenters. The van der Waals surface area contributed by atoms with Gasteiger partial charge >= 0.3 is 0 Å². The van der Waals surface area contributed by atoms with Crippen LogP contribution in [0.3, 0.4) is 0 Å². The topological polar surface area (TPSA) is 56.8 Å². The molecule has 0 N–H and O–H groups in total. The first-order valence-corrected chi connectivity index (χ1v) is 10.3. The number of piperazine rings is 1. The second-order valence-electron chi connectivity index (χ2n) is 8.08. The molecular formula is C23H28N4O2. The van der Waals surface area contributed by atoms with Crippen LogP contribution in [0.15, 0.2) is 48.7 Å². The maximum Gasteiger partial charge on any atom is 0.228 e. The van der Waals surface area contributed by atoms with Crippen LogP contribution >= 0.6 is 0 Å². The number of likely N-dealkylation sites (tertiary alicyclic amines) is 1. The fraction of sp³-hybridized carbons (Fsp3) is 0.435. The second kappa shape index (κ2) is 8.74. The van der Waals surface area contributed by atoms with Crippen LogP contribution in [0.2, 0.25) is 0 Å². The lowest BCUT2D eigenvalue weighted by Crippen LogP contribution is -2.50. The Kier molecular flexibility index (Phi) is 5.90. The lowest BCUT2D eigenvalue weighted by atomic mass is 10.1. The van der Waals surface area contributed by atoms with E-state index in [0.717, 1.165) is 30.9 Å². The van der Waals surface area contributed by atoms with Gasteiger partial charge in [-0.2, -0.15) is 0 Å². The number of amides is 2. The quantitative estimate of drug-likeness (QED) is 0.782. The highest BCUT2D eigenvalue weighted by molar-refractivity contribution is 5.89. The van der Waals surface area contributed by atoms with Gasteiger partial charge in [-0.1, -0.05) is 35.9 Å². The summed E-state index contributed by atoms with van der Waals surface area (Å²) < 4.78 is 0.